The summed E-state index contributed by atoms with van der Waals surface area (Å²) in [5.74, 6) is 0. The van der Waals surface area contributed by atoms with E-state index in [1.54, 1.807) is 0 Å². The number of hydrogen-bond acceptors (Lipinski definition) is 2. The Bertz CT molecular complexity index is 2400. The zero-order valence-corrected chi connectivity index (χ0v) is 29.4. The third-order valence-corrected chi connectivity index (χ3v) is 9.94. The largest absolute Gasteiger partial charge is 0.197 e. The molecule has 246 valence electrons. The van der Waals surface area contributed by atoms with Crippen LogP contribution in [0.1, 0.15) is 38.9 Å². The summed E-state index contributed by atoms with van der Waals surface area (Å²) in [7, 11) is 0. The van der Waals surface area contributed by atoms with Crippen molar-refractivity contribution in [2.45, 2.75) is 5.41 Å². The van der Waals surface area contributed by atoms with Gasteiger partial charge >= 0.3 is 0 Å². The van der Waals surface area contributed by atoms with E-state index in [4.69, 9.17) is 17.2 Å². The highest BCUT2D eigenvalue weighted by Crippen LogP contribution is 2.61. The van der Waals surface area contributed by atoms with Crippen molar-refractivity contribution >= 4 is 45.2 Å². The number of isothiocyanates is 1. The lowest BCUT2D eigenvalue weighted by molar-refractivity contribution is 0.774. The number of thiocarbonyl (C=S) groups is 1. The number of hydrogen-bond donors (Lipinski definition) is 0. The molecule has 1 nitrogen and oxygen atoms in total. The average Bonchev–Trinajstić information content (AvgIpc) is 3.35. The Kier molecular flexibility index (Phi) is 9.33. The summed E-state index contributed by atoms with van der Waals surface area (Å²) in [6.07, 6.45) is 0. The second kappa shape index (κ2) is 14.8. The first-order chi connectivity index (χ1) is 25.8. The lowest BCUT2D eigenvalue weighted by Crippen LogP contribution is -2.33. The number of benzene rings is 7. The molecule has 0 radical (unpaired) electrons. The average molecular weight is 682 g/mol. The minimum atomic E-state index is -0.970. The fourth-order valence-electron chi connectivity index (χ4n) is 7.81. The number of aliphatic imine (C=N–C) groups is 1. The van der Waals surface area contributed by atoms with E-state index in [9.17, 15) is 0 Å². The molecule has 7 aromatic carbocycles. The first-order valence-corrected chi connectivity index (χ1v) is 17.9. The van der Waals surface area contributed by atoms with E-state index in [2.05, 4.69) is 217 Å². The van der Waals surface area contributed by atoms with E-state index in [1.165, 1.54) is 0 Å². The van der Waals surface area contributed by atoms with Gasteiger partial charge in [-0.15, -0.1) is 0 Å². The van der Waals surface area contributed by atoms with Crippen LogP contribution in [-0.2, 0) is 5.41 Å². The van der Waals surface area contributed by atoms with Crippen LogP contribution in [0.25, 0.3) is 27.9 Å². The highest BCUT2D eigenvalue weighted by molar-refractivity contribution is 7.78. The standard InChI is InChI=1S/C50H35NS/c52-36-51-49-47(40-28-14-4-15-29-40)45(38-24-10-2-11-25-38)44(37-22-8-1-9-23-37)46(39-26-12-3-13-27-39)48(41-30-16-5-17-31-41)50(49,42-32-18-6-19-33-42)43-34-20-7-21-35-43/h1-35H. The van der Waals surface area contributed by atoms with E-state index in [0.717, 1.165) is 72.5 Å². The summed E-state index contributed by atoms with van der Waals surface area (Å²) in [6.45, 7) is 0. The van der Waals surface area contributed by atoms with E-state index in [-0.39, 0.29) is 0 Å². The minimum Gasteiger partial charge on any atom is -0.197 e. The van der Waals surface area contributed by atoms with Crippen LogP contribution in [0.4, 0.5) is 0 Å². The van der Waals surface area contributed by atoms with Crippen molar-refractivity contribution in [3.8, 4) is 0 Å². The first kappa shape index (κ1) is 32.7. The minimum absolute atomic E-state index is 0.808. The van der Waals surface area contributed by atoms with Gasteiger partial charge in [0.05, 0.1) is 16.3 Å². The van der Waals surface area contributed by atoms with Crippen LogP contribution < -0.4 is 0 Å². The van der Waals surface area contributed by atoms with Crippen molar-refractivity contribution in [1.82, 2.24) is 0 Å². The maximum absolute atomic E-state index is 5.66. The van der Waals surface area contributed by atoms with Gasteiger partial charge < -0.3 is 0 Å². The molecule has 0 N–H and O–H groups in total. The maximum atomic E-state index is 5.66. The summed E-state index contributed by atoms with van der Waals surface area (Å²) in [5, 5.41) is 2.92. The number of rotatable bonds is 8. The molecule has 7 aromatic rings. The fourth-order valence-corrected chi connectivity index (χ4v) is 7.90. The van der Waals surface area contributed by atoms with Crippen LogP contribution in [-0.4, -0.2) is 5.16 Å². The zero-order valence-electron chi connectivity index (χ0n) is 28.6. The number of allylic oxidation sites excluding steroid dienone is 5. The Morgan fingerprint density at radius 2 is 0.615 bits per heavy atom. The molecule has 0 fully saturated rings. The molecule has 0 spiro atoms. The molecule has 8 rings (SSSR count). The van der Waals surface area contributed by atoms with Gasteiger partial charge in [0.25, 0.3) is 0 Å². The smallest absolute Gasteiger partial charge is 0.0900 e. The summed E-state index contributed by atoms with van der Waals surface area (Å²) in [5.41, 5.74) is 12.8. The molecule has 0 amide bonds. The molecule has 2 heteroatoms. The first-order valence-electron chi connectivity index (χ1n) is 17.5. The van der Waals surface area contributed by atoms with Crippen LogP contribution >= 0.6 is 12.2 Å². The van der Waals surface area contributed by atoms with Gasteiger partial charge in [0.15, 0.2) is 0 Å². The lowest BCUT2D eigenvalue weighted by atomic mass is 9.62. The van der Waals surface area contributed by atoms with Gasteiger partial charge in [0.2, 0.25) is 0 Å². The molecule has 52 heavy (non-hydrogen) atoms. The molecule has 0 aromatic heterocycles. The molecule has 0 atom stereocenters. The molecule has 0 bridgehead atoms. The van der Waals surface area contributed by atoms with Crippen molar-refractivity contribution < 1.29 is 0 Å². The molecule has 1 aliphatic rings. The molecular weight excluding hydrogens is 647 g/mol. The predicted molar refractivity (Wildman–Crippen MR) is 221 cm³/mol. The van der Waals surface area contributed by atoms with Gasteiger partial charge in [-0.05, 0) is 73.5 Å². The Morgan fingerprint density at radius 1 is 0.327 bits per heavy atom. The molecule has 0 heterocycles. The van der Waals surface area contributed by atoms with Crippen LogP contribution in [0.3, 0.4) is 0 Å². The second-order valence-corrected chi connectivity index (χ2v) is 12.9. The summed E-state index contributed by atoms with van der Waals surface area (Å²) >= 11 is 5.66. The van der Waals surface area contributed by atoms with E-state index >= 15 is 0 Å². The molecule has 0 saturated heterocycles. The summed E-state index contributed by atoms with van der Waals surface area (Å²) in [4.78, 5) is 5.29. The van der Waals surface area contributed by atoms with E-state index in [0.29, 0.717) is 0 Å². The topological polar surface area (TPSA) is 12.4 Å². The highest BCUT2D eigenvalue weighted by Gasteiger charge is 2.49. The van der Waals surface area contributed by atoms with Crippen LogP contribution in [0, 0.1) is 0 Å². The second-order valence-electron chi connectivity index (χ2n) is 12.7. The normalized spacial score (nSPS) is 14.1. The Balaban J connectivity index is 1.78. The highest BCUT2D eigenvalue weighted by atomic mass is 32.1. The Hall–Kier alpha value is -6.44. The summed E-state index contributed by atoms with van der Waals surface area (Å²) in [6, 6.07) is 75.4. The predicted octanol–water partition coefficient (Wildman–Crippen LogP) is 12.7. The maximum Gasteiger partial charge on any atom is 0.0900 e. The van der Waals surface area contributed by atoms with Crippen LogP contribution in [0.15, 0.2) is 223 Å². The van der Waals surface area contributed by atoms with Gasteiger partial charge in [-0.2, -0.15) is 4.99 Å². The van der Waals surface area contributed by atoms with Gasteiger partial charge in [-0.25, -0.2) is 0 Å². The van der Waals surface area contributed by atoms with E-state index in [1.807, 2.05) is 0 Å². The monoisotopic (exact) mass is 681 g/mol. The van der Waals surface area contributed by atoms with Gasteiger partial charge in [0.1, 0.15) is 0 Å². The van der Waals surface area contributed by atoms with Crippen molar-refractivity contribution in [2.24, 2.45) is 4.99 Å². The third kappa shape index (κ3) is 5.81. The Morgan fingerprint density at radius 3 is 0.981 bits per heavy atom. The molecule has 0 unspecified atom stereocenters. The number of nitrogens with zero attached hydrogens (tertiary/aromatic N) is 1. The quantitative estimate of drug-likeness (QED) is 0.115. The van der Waals surface area contributed by atoms with Crippen LogP contribution in [0.2, 0.25) is 0 Å². The molecular formula is C50H35NS. The Labute approximate surface area is 311 Å². The fraction of sp³-hybridized carbons (Fsp3) is 0.0200. The zero-order chi connectivity index (χ0) is 35.2. The van der Waals surface area contributed by atoms with Crippen LogP contribution in [0.5, 0.6) is 0 Å². The summed E-state index contributed by atoms with van der Waals surface area (Å²) < 4.78 is 0. The third-order valence-electron chi connectivity index (χ3n) is 9.85. The van der Waals surface area contributed by atoms with Crippen molar-refractivity contribution in [1.29, 1.82) is 0 Å². The molecule has 1 aliphatic carbocycles. The van der Waals surface area contributed by atoms with Crippen molar-refractivity contribution in [2.75, 3.05) is 0 Å². The van der Waals surface area contributed by atoms with Gasteiger partial charge in [0, 0.05) is 5.57 Å². The van der Waals surface area contributed by atoms with Crippen molar-refractivity contribution in [3.63, 3.8) is 0 Å². The SMILES string of the molecule is S=C=NC1=C(c2ccccc2)C(c2ccccc2)=C(c2ccccc2)C(c2ccccc2)=C(c2ccccc2)C1(c1ccccc1)c1ccccc1. The van der Waals surface area contributed by atoms with Gasteiger partial charge in [-0.3, -0.25) is 0 Å². The van der Waals surface area contributed by atoms with Crippen molar-refractivity contribution in [3.05, 3.63) is 257 Å². The molecule has 0 aliphatic heterocycles. The van der Waals surface area contributed by atoms with E-state index < -0.39 is 5.41 Å². The van der Waals surface area contributed by atoms with Gasteiger partial charge in [-0.1, -0.05) is 212 Å². The lowest BCUT2D eigenvalue weighted by Gasteiger charge is -2.40. The molecule has 0 saturated carbocycles.